The van der Waals surface area contributed by atoms with E-state index in [9.17, 15) is 4.79 Å². The van der Waals surface area contributed by atoms with Gasteiger partial charge in [0, 0.05) is 5.41 Å². The number of nitrogens with one attached hydrogen (secondary N) is 1. The van der Waals surface area contributed by atoms with Crippen LogP contribution in [0.4, 0.5) is 0 Å². The van der Waals surface area contributed by atoms with E-state index in [1.165, 1.54) is 38.5 Å². The van der Waals surface area contributed by atoms with E-state index in [1.54, 1.807) is 0 Å². The fourth-order valence-electron chi connectivity index (χ4n) is 5.85. The number of fused-ring (bicyclic) bond motifs is 1. The van der Waals surface area contributed by atoms with Crippen LogP contribution < -0.4 is 5.32 Å². The molecule has 3 nitrogen and oxygen atoms in total. The second-order valence-electron chi connectivity index (χ2n) is 7.67. The van der Waals surface area contributed by atoms with Crippen molar-refractivity contribution < 1.29 is 9.21 Å². The molecule has 2 heterocycles. The molecule has 3 heteroatoms. The van der Waals surface area contributed by atoms with Gasteiger partial charge in [0.25, 0.3) is 0 Å². The van der Waals surface area contributed by atoms with Gasteiger partial charge in [-0.25, -0.2) is 0 Å². The van der Waals surface area contributed by atoms with Crippen molar-refractivity contribution in [2.24, 2.45) is 17.8 Å². The molecule has 0 radical (unpaired) electrons. The molecular formula is C17H21NO2. The van der Waals surface area contributed by atoms with Gasteiger partial charge in [-0.05, 0) is 62.3 Å². The van der Waals surface area contributed by atoms with Gasteiger partial charge in [0.15, 0.2) is 5.78 Å². The molecule has 4 fully saturated rings. The largest absolute Gasteiger partial charge is 0.463 e. The first-order valence-corrected chi connectivity index (χ1v) is 8.09. The number of rotatable bonds is 1. The van der Waals surface area contributed by atoms with Crippen molar-refractivity contribution in [2.75, 3.05) is 6.54 Å². The molecule has 0 atom stereocenters. The minimum Gasteiger partial charge on any atom is -0.463 e. The van der Waals surface area contributed by atoms with Crippen LogP contribution in [0.2, 0.25) is 0 Å². The van der Waals surface area contributed by atoms with Crippen molar-refractivity contribution in [1.82, 2.24) is 5.32 Å². The van der Waals surface area contributed by atoms with E-state index in [2.05, 4.69) is 11.4 Å². The molecule has 4 saturated carbocycles. The Labute approximate surface area is 119 Å². The van der Waals surface area contributed by atoms with Gasteiger partial charge in [0.2, 0.25) is 0 Å². The van der Waals surface area contributed by atoms with Crippen LogP contribution in [0.3, 0.4) is 0 Å². The summed E-state index contributed by atoms with van der Waals surface area (Å²) in [5.74, 6) is 4.96. The first kappa shape index (κ1) is 11.6. The van der Waals surface area contributed by atoms with Gasteiger partial charge in [-0.15, -0.1) is 0 Å². The predicted octanol–water partition coefficient (Wildman–Crippen LogP) is 3.03. The van der Waals surface area contributed by atoms with E-state index in [0.717, 1.165) is 34.8 Å². The normalized spacial score (nSPS) is 42.0. The summed E-state index contributed by atoms with van der Waals surface area (Å²) in [6.07, 6.45) is 8.23. The first-order chi connectivity index (χ1) is 9.72. The van der Waals surface area contributed by atoms with Gasteiger partial charge in [-0.1, -0.05) is 0 Å². The van der Waals surface area contributed by atoms with E-state index >= 15 is 0 Å². The highest BCUT2D eigenvalue weighted by Gasteiger charge is 2.53. The van der Waals surface area contributed by atoms with Crippen LogP contribution >= 0.6 is 0 Å². The number of ketones is 1. The number of carbonyl (C=O) groups excluding carboxylic acids is 1. The Balaban J connectivity index is 1.58. The Morgan fingerprint density at radius 1 is 1.05 bits per heavy atom. The number of furan rings is 1. The number of Topliss-reactive ketones (excluding diaryl/α,β-unsaturated/α-hetero) is 1. The maximum Gasteiger partial charge on any atom is 0.180 e. The van der Waals surface area contributed by atoms with Crippen molar-refractivity contribution in [3.05, 3.63) is 23.2 Å². The summed E-state index contributed by atoms with van der Waals surface area (Å²) in [4.78, 5) is 12.0. The van der Waals surface area contributed by atoms with Crippen LogP contribution in [0, 0.1) is 17.8 Å². The summed E-state index contributed by atoms with van der Waals surface area (Å²) in [7, 11) is 0. The lowest BCUT2D eigenvalue weighted by molar-refractivity contribution is -0.0156. The lowest BCUT2D eigenvalue weighted by Gasteiger charge is -2.55. The fourth-order valence-corrected chi connectivity index (χ4v) is 5.85. The van der Waals surface area contributed by atoms with Gasteiger partial charge in [0.05, 0.1) is 18.7 Å². The number of carbonyl (C=O) groups is 1. The third kappa shape index (κ3) is 1.47. The third-order valence-corrected chi connectivity index (χ3v) is 6.24. The van der Waals surface area contributed by atoms with E-state index in [4.69, 9.17) is 4.42 Å². The van der Waals surface area contributed by atoms with Gasteiger partial charge >= 0.3 is 0 Å². The zero-order valence-electron chi connectivity index (χ0n) is 11.8. The maximum atomic E-state index is 12.0. The number of hydrogen-bond donors (Lipinski definition) is 1. The minimum absolute atomic E-state index is 0.200. The highest BCUT2D eigenvalue weighted by molar-refractivity contribution is 5.99. The molecule has 0 spiro atoms. The number of hydrogen-bond acceptors (Lipinski definition) is 3. The summed E-state index contributed by atoms with van der Waals surface area (Å²) in [5, 5.41) is 3.13. The Kier molecular flexibility index (Phi) is 2.17. The monoisotopic (exact) mass is 271 g/mol. The average Bonchev–Trinajstić information content (AvgIpc) is 2.83. The molecule has 106 valence electrons. The maximum absolute atomic E-state index is 12.0. The smallest absolute Gasteiger partial charge is 0.180 e. The Bertz CT molecular complexity index is 551. The van der Waals surface area contributed by atoms with E-state index < -0.39 is 0 Å². The molecule has 1 aromatic rings. The van der Waals surface area contributed by atoms with Crippen LogP contribution in [0.1, 0.15) is 60.4 Å². The summed E-state index contributed by atoms with van der Waals surface area (Å²) < 4.78 is 6.18. The minimum atomic E-state index is 0.200. The Morgan fingerprint density at radius 2 is 1.70 bits per heavy atom. The summed E-state index contributed by atoms with van der Waals surface area (Å²) in [5.41, 5.74) is 1.13. The van der Waals surface area contributed by atoms with Gasteiger partial charge in [-0.3, -0.25) is 4.79 Å². The molecule has 5 aliphatic rings. The van der Waals surface area contributed by atoms with Gasteiger partial charge in [-0.2, -0.15) is 0 Å². The highest BCUT2D eigenvalue weighted by Crippen LogP contribution is 2.61. The topological polar surface area (TPSA) is 42.2 Å². The first-order valence-electron chi connectivity index (χ1n) is 8.09. The molecule has 4 bridgehead atoms. The average molecular weight is 271 g/mol. The summed E-state index contributed by atoms with van der Waals surface area (Å²) in [6.45, 7) is 1.18. The van der Waals surface area contributed by atoms with Crippen molar-refractivity contribution in [3.63, 3.8) is 0 Å². The van der Waals surface area contributed by atoms with Crippen LogP contribution in [0.5, 0.6) is 0 Å². The molecule has 1 N–H and O–H groups in total. The fraction of sp³-hybridized carbons (Fsp3) is 0.706. The zero-order valence-corrected chi connectivity index (χ0v) is 11.8. The second-order valence-corrected chi connectivity index (χ2v) is 7.67. The standard InChI is InChI=1S/C17H21NO2/c19-14-8-18-9-15-13(14)4-16(20-15)17-5-10-1-11(6-17)3-12(2-10)7-17/h4,10-12,18H,1-3,5-9H2. The van der Waals surface area contributed by atoms with Gasteiger partial charge in [0.1, 0.15) is 11.5 Å². The molecule has 4 aliphatic carbocycles. The summed E-state index contributed by atoms with van der Waals surface area (Å²) in [6, 6.07) is 2.10. The van der Waals surface area contributed by atoms with Crippen molar-refractivity contribution in [3.8, 4) is 0 Å². The Hall–Kier alpha value is -1.09. The predicted molar refractivity (Wildman–Crippen MR) is 74.6 cm³/mol. The molecular weight excluding hydrogens is 250 g/mol. The molecule has 0 amide bonds. The van der Waals surface area contributed by atoms with Crippen molar-refractivity contribution in [2.45, 2.75) is 50.5 Å². The molecule has 0 aromatic carbocycles. The van der Waals surface area contributed by atoms with Crippen LogP contribution in [0.25, 0.3) is 0 Å². The van der Waals surface area contributed by atoms with E-state index in [0.29, 0.717) is 13.1 Å². The van der Waals surface area contributed by atoms with Crippen LogP contribution in [-0.4, -0.2) is 12.3 Å². The zero-order chi connectivity index (χ0) is 13.3. The van der Waals surface area contributed by atoms with E-state index in [-0.39, 0.29) is 11.2 Å². The lowest BCUT2D eigenvalue weighted by atomic mass is 9.49. The molecule has 0 unspecified atom stereocenters. The van der Waals surface area contributed by atoms with Crippen LogP contribution in [0.15, 0.2) is 10.5 Å². The SMILES string of the molecule is O=C1CNCc2oc(C34CC5CC(CC(C5)C3)C4)cc21. The Morgan fingerprint density at radius 3 is 2.30 bits per heavy atom. The van der Waals surface area contributed by atoms with Crippen LogP contribution in [-0.2, 0) is 12.0 Å². The molecule has 1 aromatic heterocycles. The molecule has 6 rings (SSSR count). The molecule has 0 saturated heterocycles. The lowest BCUT2D eigenvalue weighted by Crippen LogP contribution is -2.48. The van der Waals surface area contributed by atoms with Crippen molar-refractivity contribution in [1.29, 1.82) is 0 Å². The summed E-state index contributed by atoms with van der Waals surface area (Å²) >= 11 is 0. The van der Waals surface area contributed by atoms with Crippen molar-refractivity contribution >= 4 is 5.78 Å². The quantitative estimate of drug-likeness (QED) is 0.853. The van der Waals surface area contributed by atoms with E-state index in [1.807, 2.05) is 0 Å². The third-order valence-electron chi connectivity index (χ3n) is 6.24. The molecule has 20 heavy (non-hydrogen) atoms. The highest BCUT2D eigenvalue weighted by atomic mass is 16.3. The van der Waals surface area contributed by atoms with Gasteiger partial charge < -0.3 is 9.73 Å². The second kappa shape index (κ2) is 3.76. The molecule has 1 aliphatic heterocycles.